The molecular weight excluding hydrogens is 362 g/mol. The van der Waals surface area contributed by atoms with E-state index in [0.717, 1.165) is 25.3 Å². The van der Waals surface area contributed by atoms with Crippen molar-refractivity contribution in [3.8, 4) is 0 Å². The first-order chi connectivity index (χ1) is 12.0. The fraction of sp³-hybridized carbons (Fsp3) is 0.562. The molecule has 1 aromatic carbocycles. The quantitative estimate of drug-likeness (QED) is 0.400. The minimum atomic E-state index is -0.990. The van der Waals surface area contributed by atoms with Crippen LogP contribution in [0.2, 0.25) is 0 Å². The number of benzene rings is 1. The molecule has 25 heavy (non-hydrogen) atoms. The minimum Gasteiger partial charge on any atom is -0.394 e. The Balaban J connectivity index is 2.12. The fourth-order valence-corrected chi connectivity index (χ4v) is 3.90. The number of hydrogen-bond donors (Lipinski definition) is 2. The van der Waals surface area contributed by atoms with Crippen LogP contribution in [0.4, 0.5) is 5.69 Å². The van der Waals surface area contributed by atoms with Crippen LogP contribution in [-0.4, -0.2) is 61.0 Å². The Morgan fingerprint density at radius 1 is 1.40 bits per heavy atom. The first-order valence-corrected chi connectivity index (χ1v) is 9.56. The van der Waals surface area contributed by atoms with Gasteiger partial charge in [-0.05, 0) is 24.1 Å². The molecular formula is C16H23N3O4S2. The molecule has 0 radical (unpaired) electrons. The van der Waals surface area contributed by atoms with E-state index in [1.165, 1.54) is 36.0 Å². The molecule has 2 atom stereocenters. The molecule has 0 saturated carbocycles. The summed E-state index contributed by atoms with van der Waals surface area (Å²) in [5, 5.41) is 31.3. The second-order valence-corrected chi connectivity index (χ2v) is 7.52. The van der Waals surface area contributed by atoms with Gasteiger partial charge in [-0.2, -0.15) is 0 Å². The smallest absolute Gasteiger partial charge is 0.269 e. The number of aliphatic hydroxyl groups is 2. The third-order valence-corrected chi connectivity index (χ3v) is 5.75. The summed E-state index contributed by atoms with van der Waals surface area (Å²) < 4.78 is 0.646. The third-order valence-electron chi connectivity index (χ3n) is 4.18. The van der Waals surface area contributed by atoms with Gasteiger partial charge in [0.1, 0.15) is 10.4 Å². The number of non-ortho nitro benzene ring substituents is 1. The lowest BCUT2D eigenvalue weighted by atomic mass is 10.0. The van der Waals surface area contributed by atoms with E-state index in [0.29, 0.717) is 16.6 Å². The van der Waals surface area contributed by atoms with E-state index in [9.17, 15) is 20.3 Å². The van der Waals surface area contributed by atoms with Crippen LogP contribution in [-0.2, 0) is 0 Å². The maximum Gasteiger partial charge on any atom is 0.269 e. The van der Waals surface area contributed by atoms with Crippen LogP contribution < -0.4 is 0 Å². The van der Waals surface area contributed by atoms with Gasteiger partial charge in [0.05, 0.1) is 30.1 Å². The van der Waals surface area contributed by atoms with E-state index in [2.05, 4.69) is 11.8 Å². The molecule has 1 saturated heterocycles. The Morgan fingerprint density at radius 2 is 2.08 bits per heavy atom. The molecule has 0 amide bonds. The van der Waals surface area contributed by atoms with Crippen molar-refractivity contribution in [3.63, 3.8) is 0 Å². The molecule has 0 bridgehead atoms. The lowest BCUT2D eigenvalue weighted by Crippen LogP contribution is -2.53. The maximum absolute atomic E-state index is 10.8. The molecule has 0 spiro atoms. The molecule has 138 valence electrons. The van der Waals surface area contributed by atoms with Gasteiger partial charge in [-0.25, -0.2) is 0 Å². The summed E-state index contributed by atoms with van der Waals surface area (Å²) in [6, 6.07) is 5.14. The molecule has 1 aliphatic rings. The van der Waals surface area contributed by atoms with Crippen molar-refractivity contribution in [3.05, 3.63) is 39.9 Å². The third kappa shape index (κ3) is 5.11. The average Bonchev–Trinajstić information content (AvgIpc) is 2.62. The molecule has 7 nitrogen and oxygen atoms in total. The van der Waals surface area contributed by atoms with E-state index in [1.54, 1.807) is 0 Å². The van der Waals surface area contributed by atoms with E-state index in [1.807, 2.05) is 4.90 Å². The van der Waals surface area contributed by atoms with Crippen LogP contribution in [0.3, 0.4) is 0 Å². The largest absolute Gasteiger partial charge is 0.394 e. The summed E-state index contributed by atoms with van der Waals surface area (Å²) in [5.41, 5.74) is 0.481. The van der Waals surface area contributed by atoms with Crippen LogP contribution in [0.25, 0.3) is 0 Å². The molecule has 1 aliphatic heterocycles. The molecule has 1 heterocycles. The van der Waals surface area contributed by atoms with Crippen molar-refractivity contribution in [2.75, 3.05) is 25.7 Å². The van der Waals surface area contributed by atoms with E-state index in [-0.39, 0.29) is 12.3 Å². The molecule has 0 unspecified atom stereocenters. The van der Waals surface area contributed by atoms with Crippen molar-refractivity contribution < 1.29 is 15.1 Å². The second-order valence-electron chi connectivity index (χ2n) is 5.94. The summed E-state index contributed by atoms with van der Waals surface area (Å²) in [6.45, 7) is 3.37. The number of nitrogens with zero attached hydrogens (tertiary/aromatic N) is 3. The fourth-order valence-electron chi connectivity index (χ4n) is 2.68. The zero-order chi connectivity index (χ0) is 18.4. The van der Waals surface area contributed by atoms with E-state index < -0.39 is 17.1 Å². The highest BCUT2D eigenvalue weighted by Gasteiger charge is 2.32. The number of rotatable bonds is 8. The van der Waals surface area contributed by atoms with Crippen LogP contribution in [0.15, 0.2) is 24.3 Å². The van der Waals surface area contributed by atoms with Gasteiger partial charge in [0.2, 0.25) is 0 Å². The normalized spacial score (nSPS) is 18.2. The van der Waals surface area contributed by atoms with Gasteiger partial charge < -0.3 is 15.1 Å². The Labute approximate surface area is 156 Å². The lowest BCUT2D eigenvalue weighted by Gasteiger charge is -2.42. The second kappa shape index (κ2) is 9.44. The summed E-state index contributed by atoms with van der Waals surface area (Å²) in [7, 11) is 0. The Morgan fingerprint density at radius 3 is 2.64 bits per heavy atom. The highest BCUT2D eigenvalue weighted by Crippen LogP contribution is 2.28. The zero-order valence-electron chi connectivity index (χ0n) is 14.1. The predicted octanol–water partition coefficient (Wildman–Crippen LogP) is 2.34. The van der Waals surface area contributed by atoms with Crippen molar-refractivity contribution in [1.82, 2.24) is 9.80 Å². The van der Waals surface area contributed by atoms with Gasteiger partial charge in [-0.15, -0.1) is 0 Å². The van der Waals surface area contributed by atoms with E-state index in [4.69, 9.17) is 12.2 Å². The first-order valence-electron chi connectivity index (χ1n) is 8.17. The van der Waals surface area contributed by atoms with Gasteiger partial charge in [-0.1, -0.05) is 37.3 Å². The number of nitro groups is 1. The number of nitro benzene ring substituents is 1. The number of thiocarbonyl (C=S) groups is 1. The Bertz CT molecular complexity index is 600. The van der Waals surface area contributed by atoms with Gasteiger partial charge in [-0.3, -0.25) is 15.0 Å². The number of unbranched alkanes of at least 4 members (excludes halogenated alkanes) is 1. The van der Waals surface area contributed by atoms with Crippen LogP contribution in [0.5, 0.6) is 0 Å². The van der Waals surface area contributed by atoms with Crippen molar-refractivity contribution >= 4 is 34.0 Å². The van der Waals surface area contributed by atoms with Gasteiger partial charge in [0.25, 0.3) is 5.69 Å². The summed E-state index contributed by atoms with van der Waals surface area (Å²) in [5.74, 6) is 0.807. The molecule has 1 fully saturated rings. The number of aliphatic hydroxyl groups excluding tert-OH is 2. The zero-order valence-corrected chi connectivity index (χ0v) is 15.7. The molecule has 2 rings (SSSR count). The lowest BCUT2D eigenvalue weighted by molar-refractivity contribution is -0.384. The Kier molecular flexibility index (Phi) is 7.57. The van der Waals surface area contributed by atoms with Gasteiger partial charge in [0.15, 0.2) is 0 Å². The first kappa shape index (κ1) is 20.1. The predicted molar refractivity (Wildman–Crippen MR) is 102 cm³/mol. The maximum atomic E-state index is 10.8. The number of hydrogen-bond acceptors (Lipinski definition) is 7. The minimum absolute atomic E-state index is 0.0358. The molecule has 2 N–H and O–H groups in total. The van der Waals surface area contributed by atoms with Crippen molar-refractivity contribution in [2.45, 2.75) is 31.9 Å². The van der Waals surface area contributed by atoms with Gasteiger partial charge >= 0.3 is 0 Å². The molecule has 1 aromatic rings. The topological polar surface area (TPSA) is 90.1 Å². The highest BCUT2D eigenvalue weighted by molar-refractivity contribution is 8.22. The number of thioether (sulfide) groups is 1. The molecule has 0 aliphatic carbocycles. The van der Waals surface area contributed by atoms with E-state index >= 15 is 0 Å². The van der Waals surface area contributed by atoms with Crippen LogP contribution >= 0.6 is 24.0 Å². The monoisotopic (exact) mass is 385 g/mol. The summed E-state index contributed by atoms with van der Waals surface area (Å²) >= 11 is 6.93. The molecule has 9 heteroatoms. The SMILES string of the molecule is CCCCN1CSC(=S)N([C@@H](CO)[C@@H](O)c2ccc([N+](=O)[O-])cc2)C1. The summed E-state index contributed by atoms with van der Waals surface area (Å²) in [4.78, 5) is 14.3. The van der Waals surface area contributed by atoms with Crippen LogP contribution in [0, 0.1) is 10.1 Å². The Hall–Kier alpha value is -1.26. The summed E-state index contributed by atoms with van der Waals surface area (Å²) in [6.07, 6.45) is 1.19. The highest BCUT2D eigenvalue weighted by atomic mass is 32.2. The average molecular weight is 386 g/mol. The van der Waals surface area contributed by atoms with Crippen LogP contribution in [0.1, 0.15) is 31.4 Å². The standard InChI is InChI=1S/C16H23N3O4S2/c1-2-3-8-17-10-18(16(24)25-11-17)14(9-20)15(21)12-4-6-13(7-5-12)19(22)23/h4-7,14-15,20-21H,2-3,8-11H2,1H3/t14-,15-/m0/s1. The van der Waals surface area contributed by atoms with Crippen molar-refractivity contribution in [1.29, 1.82) is 0 Å². The molecule has 0 aromatic heterocycles. The van der Waals surface area contributed by atoms with Gasteiger partial charge in [0, 0.05) is 18.7 Å². The van der Waals surface area contributed by atoms with Crippen molar-refractivity contribution in [2.24, 2.45) is 0 Å².